The summed E-state index contributed by atoms with van der Waals surface area (Å²) in [6.45, 7) is 13.0. The highest BCUT2D eigenvalue weighted by Crippen LogP contribution is 2.46. The van der Waals surface area contributed by atoms with Gasteiger partial charge in [-0.3, -0.25) is 9.88 Å². The van der Waals surface area contributed by atoms with Crippen molar-refractivity contribution in [3.8, 4) is 16.9 Å². The molecule has 0 fully saturated rings. The Morgan fingerprint density at radius 2 is 1.76 bits per heavy atom. The lowest BCUT2D eigenvalue weighted by molar-refractivity contribution is 0.123. The van der Waals surface area contributed by atoms with Crippen LogP contribution in [-0.4, -0.2) is 24.6 Å². The molecule has 2 aromatic carbocycles. The lowest BCUT2D eigenvalue weighted by Crippen LogP contribution is -2.35. The molecule has 6 rings (SSSR count). The van der Waals surface area contributed by atoms with Crippen molar-refractivity contribution in [2.24, 2.45) is 0 Å². The largest absolute Gasteiger partial charge is 0.361 e. The van der Waals surface area contributed by atoms with Crippen LogP contribution in [0.2, 0.25) is 0 Å². The molecule has 4 heterocycles. The van der Waals surface area contributed by atoms with Crippen LogP contribution in [0.3, 0.4) is 0 Å². The summed E-state index contributed by atoms with van der Waals surface area (Å²) in [6.07, 6.45) is 7.81. The lowest BCUT2D eigenvalue weighted by atomic mass is 9.96. The fourth-order valence-electron chi connectivity index (χ4n) is 6.03. The van der Waals surface area contributed by atoms with E-state index in [0.717, 1.165) is 25.9 Å². The van der Waals surface area contributed by atoms with Gasteiger partial charge in [-0.05, 0) is 68.0 Å². The molecule has 1 N–H and O–H groups in total. The number of H-pyrrole nitrogens is 1. The van der Waals surface area contributed by atoms with Gasteiger partial charge in [-0.1, -0.05) is 50.2 Å². The number of fused-ring (bicyclic) bond motifs is 2. The van der Waals surface area contributed by atoms with Crippen molar-refractivity contribution in [2.75, 3.05) is 0 Å². The third-order valence-corrected chi connectivity index (χ3v) is 8.16. The second kappa shape index (κ2) is 9.00. The van der Waals surface area contributed by atoms with Gasteiger partial charge in [0.15, 0.2) is 0 Å². The Morgan fingerprint density at radius 1 is 0.973 bits per heavy atom. The van der Waals surface area contributed by atoms with Crippen LogP contribution in [0.5, 0.6) is 0 Å². The van der Waals surface area contributed by atoms with Crippen LogP contribution < -0.4 is 0 Å². The van der Waals surface area contributed by atoms with Gasteiger partial charge in [-0.2, -0.15) is 5.10 Å². The third-order valence-electron chi connectivity index (χ3n) is 8.16. The van der Waals surface area contributed by atoms with Gasteiger partial charge in [0.25, 0.3) is 0 Å². The van der Waals surface area contributed by atoms with E-state index in [1.54, 1.807) is 0 Å². The molecule has 1 aliphatic rings. The highest BCUT2D eigenvalue weighted by molar-refractivity contribution is 5.97. The van der Waals surface area contributed by atoms with Gasteiger partial charge < -0.3 is 4.98 Å². The maximum absolute atomic E-state index is 5.46. The van der Waals surface area contributed by atoms with E-state index in [0.29, 0.717) is 0 Å². The topological polar surface area (TPSA) is 49.7 Å². The molecule has 1 aliphatic heterocycles. The molecule has 0 unspecified atom stereocenters. The average molecular weight is 490 g/mol. The Bertz CT molecular complexity index is 1570. The smallest absolute Gasteiger partial charge is 0.0878 e. The van der Waals surface area contributed by atoms with Crippen molar-refractivity contribution in [3.05, 3.63) is 101 Å². The molecular formula is C32H35N5. The van der Waals surface area contributed by atoms with E-state index in [2.05, 4.69) is 103 Å². The normalized spacial score (nSPS) is 14.9. The first kappa shape index (κ1) is 23.7. The van der Waals surface area contributed by atoms with Crippen LogP contribution >= 0.6 is 0 Å². The summed E-state index contributed by atoms with van der Waals surface area (Å²) in [6, 6.07) is 17.6. The van der Waals surface area contributed by atoms with Crippen molar-refractivity contribution < 1.29 is 0 Å². The van der Waals surface area contributed by atoms with Crippen LogP contribution in [0.15, 0.2) is 67.1 Å². The predicted molar refractivity (Wildman–Crippen MR) is 151 cm³/mol. The van der Waals surface area contributed by atoms with E-state index in [4.69, 9.17) is 5.10 Å². The van der Waals surface area contributed by atoms with Gasteiger partial charge in [0.2, 0.25) is 0 Å². The molecule has 37 heavy (non-hydrogen) atoms. The fraction of sp³-hybridized carbons (Fsp3) is 0.312. The average Bonchev–Trinajstić information content (AvgIpc) is 3.60. The molecule has 0 aliphatic carbocycles. The van der Waals surface area contributed by atoms with E-state index >= 15 is 0 Å². The van der Waals surface area contributed by atoms with Crippen LogP contribution in [-0.2, 0) is 31.5 Å². The highest BCUT2D eigenvalue weighted by Gasteiger charge is 2.43. The maximum Gasteiger partial charge on any atom is 0.0878 e. The summed E-state index contributed by atoms with van der Waals surface area (Å²) < 4.78 is 2.28. The summed E-state index contributed by atoms with van der Waals surface area (Å²) >= 11 is 0. The van der Waals surface area contributed by atoms with Crippen molar-refractivity contribution in [1.82, 2.24) is 24.6 Å². The monoisotopic (exact) mass is 489 g/mol. The lowest BCUT2D eigenvalue weighted by Gasteiger charge is -2.32. The second-order valence-electron chi connectivity index (χ2n) is 10.7. The van der Waals surface area contributed by atoms with E-state index in [1.165, 1.54) is 61.4 Å². The number of hydrogen-bond donors (Lipinski definition) is 1. The van der Waals surface area contributed by atoms with E-state index in [-0.39, 0.29) is 5.54 Å². The minimum Gasteiger partial charge on any atom is -0.361 e. The Labute approximate surface area is 219 Å². The molecule has 0 bridgehead atoms. The summed E-state index contributed by atoms with van der Waals surface area (Å²) in [5.74, 6) is 0. The number of hydrogen-bond acceptors (Lipinski definition) is 3. The van der Waals surface area contributed by atoms with Crippen molar-refractivity contribution >= 4 is 10.9 Å². The maximum atomic E-state index is 5.46. The molecule has 0 radical (unpaired) electrons. The standard InChI is InChI=1S/C32H35N5/c1-6-23-11-8-12-24(7-2)29(23)37-30(26-14-13-21(3)28-25(26)15-17-34-28)27-20-36(32(4,5)31(27)35-37)19-22-10-9-16-33-18-22/h8-18,34H,6-7,19-20H2,1-5H3. The zero-order valence-corrected chi connectivity index (χ0v) is 22.5. The third kappa shape index (κ3) is 3.72. The van der Waals surface area contributed by atoms with E-state index in [1.807, 2.05) is 18.5 Å². The quantitative estimate of drug-likeness (QED) is 0.277. The first-order chi connectivity index (χ1) is 17.9. The minimum absolute atomic E-state index is 0.208. The van der Waals surface area contributed by atoms with Crippen LogP contribution in [0.4, 0.5) is 0 Å². The van der Waals surface area contributed by atoms with Gasteiger partial charge in [0.05, 0.1) is 22.6 Å². The number of nitrogens with zero attached hydrogens (tertiary/aromatic N) is 4. The van der Waals surface area contributed by atoms with Crippen molar-refractivity contribution in [2.45, 2.75) is 66.1 Å². The molecule has 5 nitrogen and oxygen atoms in total. The van der Waals surface area contributed by atoms with Crippen LogP contribution in [0, 0.1) is 6.92 Å². The molecule has 0 saturated heterocycles. The van der Waals surface area contributed by atoms with E-state index < -0.39 is 0 Å². The van der Waals surface area contributed by atoms with Gasteiger partial charge >= 0.3 is 0 Å². The Balaban J connectivity index is 1.61. The summed E-state index contributed by atoms with van der Waals surface area (Å²) in [4.78, 5) is 10.4. The number of aryl methyl sites for hydroxylation is 3. The molecule has 3 aromatic heterocycles. The highest BCUT2D eigenvalue weighted by atomic mass is 15.3. The number of para-hydroxylation sites is 1. The first-order valence-electron chi connectivity index (χ1n) is 13.4. The zero-order valence-electron chi connectivity index (χ0n) is 22.5. The Hall–Kier alpha value is -3.70. The molecule has 0 atom stereocenters. The SMILES string of the molecule is CCc1cccc(CC)c1-n1nc2c(c1-c1ccc(C)c3[nH]ccc13)CN(Cc1cccnc1)C2(C)C. The number of rotatable bonds is 6. The number of nitrogens with one attached hydrogen (secondary N) is 1. The number of aromatic amines is 1. The fourth-order valence-corrected chi connectivity index (χ4v) is 6.03. The molecule has 5 aromatic rings. The minimum atomic E-state index is -0.208. The number of benzene rings is 2. The second-order valence-corrected chi connectivity index (χ2v) is 10.7. The molecule has 188 valence electrons. The molecular weight excluding hydrogens is 454 g/mol. The van der Waals surface area contributed by atoms with Crippen LogP contribution in [0.25, 0.3) is 27.8 Å². The summed E-state index contributed by atoms with van der Waals surface area (Å²) in [5.41, 5.74) is 12.3. The molecule has 0 amide bonds. The number of aromatic nitrogens is 4. The van der Waals surface area contributed by atoms with Gasteiger partial charge in [-0.15, -0.1) is 0 Å². The van der Waals surface area contributed by atoms with Crippen molar-refractivity contribution in [3.63, 3.8) is 0 Å². The van der Waals surface area contributed by atoms with Crippen LogP contribution in [0.1, 0.15) is 61.2 Å². The van der Waals surface area contributed by atoms with Gasteiger partial charge in [0, 0.05) is 53.7 Å². The first-order valence-corrected chi connectivity index (χ1v) is 13.4. The molecule has 5 heteroatoms. The summed E-state index contributed by atoms with van der Waals surface area (Å²) in [7, 11) is 0. The number of pyridine rings is 1. The molecule has 0 spiro atoms. The zero-order chi connectivity index (χ0) is 25.7. The van der Waals surface area contributed by atoms with Gasteiger partial charge in [0.1, 0.15) is 0 Å². The molecule has 0 saturated carbocycles. The summed E-state index contributed by atoms with van der Waals surface area (Å²) in [5, 5.41) is 6.71. The predicted octanol–water partition coefficient (Wildman–Crippen LogP) is 7.10. The Morgan fingerprint density at radius 3 is 2.46 bits per heavy atom. The van der Waals surface area contributed by atoms with E-state index in [9.17, 15) is 0 Å². The van der Waals surface area contributed by atoms with Crippen molar-refractivity contribution in [1.29, 1.82) is 0 Å². The van der Waals surface area contributed by atoms with Gasteiger partial charge in [-0.25, -0.2) is 4.68 Å². The Kier molecular flexibility index (Phi) is 5.76.